The largest absolute Gasteiger partial charge is 0.377 e. The lowest BCUT2D eigenvalue weighted by atomic mass is 10.2. The quantitative estimate of drug-likeness (QED) is 0.831. The highest BCUT2D eigenvalue weighted by Crippen LogP contribution is 2.35. The zero-order chi connectivity index (χ0) is 16.4. The van der Waals surface area contributed by atoms with Crippen LogP contribution in [0.2, 0.25) is 0 Å². The van der Waals surface area contributed by atoms with Gasteiger partial charge in [0.2, 0.25) is 11.8 Å². The first-order chi connectivity index (χ1) is 11.0. The van der Waals surface area contributed by atoms with Crippen molar-refractivity contribution >= 4 is 29.3 Å². The lowest BCUT2D eigenvalue weighted by Crippen LogP contribution is -2.46. The molecular formula is C17H22N2O3S. The van der Waals surface area contributed by atoms with Crippen LogP contribution in [0.25, 0.3) is 0 Å². The summed E-state index contributed by atoms with van der Waals surface area (Å²) in [5, 5.41) is 0. The van der Waals surface area contributed by atoms with E-state index < -0.39 is 0 Å². The summed E-state index contributed by atoms with van der Waals surface area (Å²) in [5.41, 5.74) is 2.01. The number of aryl methyl sites for hydroxylation is 1. The van der Waals surface area contributed by atoms with E-state index in [4.69, 9.17) is 4.74 Å². The lowest BCUT2D eigenvalue weighted by molar-refractivity contribution is -0.131. The minimum absolute atomic E-state index is 0.00109. The summed E-state index contributed by atoms with van der Waals surface area (Å²) in [6.45, 7) is 6.10. The van der Waals surface area contributed by atoms with E-state index in [1.807, 2.05) is 30.9 Å². The molecule has 23 heavy (non-hydrogen) atoms. The van der Waals surface area contributed by atoms with E-state index in [0.717, 1.165) is 22.6 Å². The van der Waals surface area contributed by atoms with Crippen molar-refractivity contribution in [3.8, 4) is 0 Å². The van der Waals surface area contributed by atoms with Gasteiger partial charge in [0.15, 0.2) is 0 Å². The number of fused-ring (bicyclic) bond motifs is 1. The van der Waals surface area contributed by atoms with Gasteiger partial charge in [-0.15, -0.1) is 11.8 Å². The van der Waals surface area contributed by atoms with Crippen molar-refractivity contribution in [2.75, 3.05) is 36.9 Å². The Morgan fingerprint density at radius 1 is 1.43 bits per heavy atom. The first kappa shape index (κ1) is 16.3. The van der Waals surface area contributed by atoms with Crippen LogP contribution in [-0.2, 0) is 14.3 Å². The molecule has 1 atom stereocenters. The Hall–Kier alpha value is -1.53. The summed E-state index contributed by atoms with van der Waals surface area (Å²) in [7, 11) is 0. The van der Waals surface area contributed by atoms with Crippen molar-refractivity contribution in [3.63, 3.8) is 0 Å². The van der Waals surface area contributed by atoms with Gasteiger partial charge in [-0.2, -0.15) is 0 Å². The molecule has 0 unspecified atom stereocenters. The molecule has 3 rings (SSSR count). The Bertz CT molecular complexity index is 620. The molecule has 2 amide bonds. The number of rotatable bonds is 2. The molecule has 1 fully saturated rings. The van der Waals surface area contributed by atoms with E-state index in [0.29, 0.717) is 25.4 Å². The van der Waals surface area contributed by atoms with Gasteiger partial charge in [0.1, 0.15) is 6.54 Å². The minimum Gasteiger partial charge on any atom is -0.377 e. The highest BCUT2D eigenvalue weighted by atomic mass is 32.2. The number of amides is 2. The van der Waals surface area contributed by atoms with Crippen molar-refractivity contribution in [2.45, 2.75) is 31.3 Å². The topological polar surface area (TPSA) is 49.9 Å². The molecule has 0 N–H and O–H groups in total. The molecule has 2 heterocycles. The van der Waals surface area contributed by atoms with E-state index in [1.165, 1.54) is 0 Å². The van der Waals surface area contributed by atoms with Crippen LogP contribution in [0.3, 0.4) is 0 Å². The van der Waals surface area contributed by atoms with E-state index in [1.54, 1.807) is 16.7 Å². The molecule has 0 aliphatic carbocycles. The molecule has 0 bridgehead atoms. The van der Waals surface area contributed by atoms with Crippen LogP contribution in [-0.4, -0.2) is 54.8 Å². The lowest BCUT2D eigenvalue weighted by Gasteiger charge is -2.31. The van der Waals surface area contributed by atoms with Gasteiger partial charge in [-0.1, -0.05) is 6.07 Å². The molecule has 0 radical (unpaired) electrons. The molecule has 0 aromatic heterocycles. The third-order valence-electron chi connectivity index (χ3n) is 4.16. The van der Waals surface area contributed by atoms with Crippen molar-refractivity contribution in [1.29, 1.82) is 0 Å². The van der Waals surface area contributed by atoms with Gasteiger partial charge in [0, 0.05) is 24.6 Å². The van der Waals surface area contributed by atoms with Gasteiger partial charge in [-0.05, 0) is 38.0 Å². The number of anilines is 1. The number of carbonyl (C=O) groups is 2. The number of thioether (sulfide) groups is 1. The third kappa shape index (κ3) is 3.70. The Balaban J connectivity index is 1.76. The summed E-state index contributed by atoms with van der Waals surface area (Å²) in [5.74, 6) is 0.386. The number of benzene rings is 1. The predicted octanol–water partition coefficient (Wildman–Crippen LogP) is 2.07. The van der Waals surface area contributed by atoms with Gasteiger partial charge in [0.25, 0.3) is 0 Å². The molecule has 0 saturated carbocycles. The van der Waals surface area contributed by atoms with Crippen LogP contribution in [0.5, 0.6) is 0 Å². The van der Waals surface area contributed by atoms with Crippen LogP contribution >= 0.6 is 11.8 Å². The Labute approximate surface area is 141 Å². The summed E-state index contributed by atoms with van der Waals surface area (Å²) < 4.78 is 5.59. The number of nitrogens with zero attached hydrogens (tertiary/aromatic N) is 2. The van der Waals surface area contributed by atoms with Crippen LogP contribution in [0.4, 0.5) is 5.69 Å². The summed E-state index contributed by atoms with van der Waals surface area (Å²) in [6.07, 6.45) is 0.888. The normalized spacial score (nSPS) is 21.8. The fraction of sp³-hybridized carbons (Fsp3) is 0.529. The van der Waals surface area contributed by atoms with Gasteiger partial charge >= 0.3 is 0 Å². The molecule has 0 spiro atoms. The fourth-order valence-electron chi connectivity index (χ4n) is 2.94. The Kier molecular flexibility index (Phi) is 4.92. The second kappa shape index (κ2) is 6.93. The van der Waals surface area contributed by atoms with Gasteiger partial charge in [-0.25, -0.2) is 0 Å². The van der Waals surface area contributed by atoms with Crippen LogP contribution in [0, 0.1) is 6.92 Å². The fourth-order valence-corrected chi connectivity index (χ4v) is 3.97. The summed E-state index contributed by atoms with van der Waals surface area (Å²) in [6, 6.07) is 6.00. The molecule has 5 nitrogen and oxygen atoms in total. The van der Waals surface area contributed by atoms with Crippen molar-refractivity contribution in [1.82, 2.24) is 4.90 Å². The monoisotopic (exact) mass is 334 g/mol. The van der Waals surface area contributed by atoms with Gasteiger partial charge < -0.3 is 14.5 Å². The first-order valence-electron chi connectivity index (χ1n) is 7.98. The smallest absolute Gasteiger partial charge is 0.242 e. The Morgan fingerprint density at radius 2 is 2.26 bits per heavy atom. The number of carbonyl (C=O) groups excluding carboxylic acids is 2. The van der Waals surface area contributed by atoms with Crippen LogP contribution in [0.15, 0.2) is 23.1 Å². The minimum atomic E-state index is -0.00544. The average Bonchev–Trinajstić information content (AvgIpc) is 2.74. The molecular weight excluding hydrogens is 312 g/mol. The van der Waals surface area contributed by atoms with E-state index >= 15 is 0 Å². The zero-order valence-corrected chi connectivity index (χ0v) is 14.4. The highest BCUT2D eigenvalue weighted by molar-refractivity contribution is 8.00. The maximum Gasteiger partial charge on any atom is 0.242 e. The number of hydrogen-bond acceptors (Lipinski definition) is 4. The van der Waals surface area contributed by atoms with E-state index in [9.17, 15) is 9.59 Å². The van der Waals surface area contributed by atoms with Gasteiger partial charge in [-0.3, -0.25) is 9.59 Å². The second-order valence-corrected chi connectivity index (χ2v) is 7.13. The third-order valence-corrected chi connectivity index (χ3v) is 5.19. The number of ether oxygens (including phenoxy) is 1. The average molecular weight is 334 g/mol. The molecule has 2 aliphatic rings. The molecule has 6 heteroatoms. The molecule has 124 valence electrons. The first-order valence-corrected chi connectivity index (χ1v) is 8.96. The van der Waals surface area contributed by atoms with Gasteiger partial charge in [0.05, 0.1) is 17.5 Å². The SMILES string of the molecule is Cc1ccc2c(c1)SCC(=O)N2CC(=O)N1CCCO[C@@H](C)C1. The van der Waals surface area contributed by atoms with E-state index in [2.05, 4.69) is 6.07 Å². The second-order valence-electron chi connectivity index (χ2n) is 6.11. The maximum absolute atomic E-state index is 12.7. The molecule has 1 saturated heterocycles. The summed E-state index contributed by atoms with van der Waals surface area (Å²) in [4.78, 5) is 29.5. The Morgan fingerprint density at radius 3 is 3.09 bits per heavy atom. The van der Waals surface area contributed by atoms with Crippen molar-refractivity contribution in [2.24, 2.45) is 0 Å². The standard InChI is InChI=1S/C17H22N2O3S/c1-12-4-5-14-15(8-12)23-11-17(21)19(14)10-16(20)18-6-3-7-22-13(2)9-18/h4-5,8,13H,3,6-7,9-11H2,1-2H3/t13-/m0/s1. The van der Waals surface area contributed by atoms with Crippen LogP contribution in [0.1, 0.15) is 18.9 Å². The highest BCUT2D eigenvalue weighted by Gasteiger charge is 2.29. The van der Waals surface area contributed by atoms with Crippen molar-refractivity contribution in [3.05, 3.63) is 23.8 Å². The molecule has 1 aromatic carbocycles. The molecule has 1 aromatic rings. The maximum atomic E-state index is 12.7. The number of hydrogen-bond donors (Lipinski definition) is 0. The van der Waals surface area contributed by atoms with Crippen molar-refractivity contribution < 1.29 is 14.3 Å². The van der Waals surface area contributed by atoms with E-state index in [-0.39, 0.29) is 24.5 Å². The molecule has 2 aliphatic heterocycles. The van der Waals surface area contributed by atoms with Crippen LogP contribution < -0.4 is 4.90 Å². The summed E-state index contributed by atoms with van der Waals surface area (Å²) >= 11 is 1.55. The predicted molar refractivity (Wildman–Crippen MR) is 90.9 cm³/mol. The zero-order valence-electron chi connectivity index (χ0n) is 13.6.